The van der Waals surface area contributed by atoms with Crippen LogP contribution in [0.1, 0.15) is 0 Å². The molecule has 0 radical (unpaired) electrons. The minimum atomic E-state index is 0. The second-order valence-electron chi connectivity index (χ2n) is 3.51. The van der Waals surface area contributed by atoms with Crippen molar-refractivity contribution in [1.29, 1.82) is 0 Å². The Morgan fingerprint density at radius 1 is 0.438 bits per heavy atom. The van der Waals surface area contributed by atoms with Gasteiger partial charge in [0.1, 0.15) is 0 Å². The Kier molecular flexibility index (Phi) is 4.51. The average molecular weight is 340 g/mol. The highest BCUT2D eigenvalue weighted by Crippen LogP contribution is 2.24. The molecule has 0 aromatic heterocycles. The van der Waals surface area contributed by atoms with E-state index >= 15 is 0 Å². The van der Waals surface area contributed by atoms with Crippen molar-refractivity contribution in [2.75, 3.05) is 0 Å². The summed E-state index contributed by atoms with van der Waals surface area (Å²) in [5.74, 6) is 0. The largest absolute Gasteiger partial charge is 0.114 e. The van der Waals surface area contributed by atoms with Crippen molar-refractivity contribution in [3.05, 3.63) is 60.7 Å². The molecule has 0 N–H and O–H groups in total. The topological polar surface area (TPSA) is 0 Å². The maximum absolute atomic E-state index is 2.18. The van der Waals surface area contributed by atoms with E-state index in [1.54, 1.807) is 0 Å². The molecule has 3 aromatic rings. The molecule has 3 aromatic carbocycles. The van der Waals surface area contributed by atoms with E-state index in [4.69, 9.17) is 0 Å². The van der Waals surface area contributed by atoms with Crippen LogP contribution in [0.5, 0.6) is 0 Å². The van der Waals surface area contributed by atoms with Crippen LogP contribution in [-0.4, -0.2) is 0 Å². The quantitative estimate of drug-likeness (QED) is 0.497. The summed E-state index contributed by atoms with van der Waals surface area (Å²) in [5.41, 5.74) is 0. The van der Waals surface area contributed by atoms with Crippen LogP contribution < -0.4 is 0 Å². The fourth-order valence-corrected chi connectivity index (χ4v) is 1.95. The van der Waals surface area contributed by atoms with Gasteiger partial charge in [0, 0.05) is 0 Å². The Morgan fingerprint density at radius 3 is 1.25 bits per heavy atom. The molecular formula is C14H12Br2. The van der Waals surface area contributed by atoms with Gasteiger partial charge in [0.05, 0.1) is 0 Å². The van der Waals surface area contributed by atoms with Crippen LogP contribution in [0, 0.1) is 0 Å². The second-order valence-corrected chi connectivity index (χ2v) is 3.51. The predicted molar refractivity (Wildman–Crippen MR) is 82.1 cm³/mol. The minimum Gasteiger partial charge on any atom is -0.114 e. The van der Waals surface area contributed by atoms with Crippen molar-refractivity contribution in [2.24, 2.45) is 0 Å². The highest BCUT2D eigenvalue weighted by molar-refractivity contribution is 8.93. The van der Waals surface area contributed by atoms with E-state index in [-0.39, 0.29) is 34.0 Å². The molecule has 3 rings (SSSR count). The zero-order chi connectivity index (χ0) is 9.38. The summed E-state index contributed by atoms with van der Waals surface area (Å²) in [4.78, 5) is 0. The molecule has 2 heteroatoms. The normalized spacial score (nSPS) is 9.50. The molecule has 0 fully saturated rings. The summed E-state index contributed by atoms with van der Waals surface area (Å²) in [6, 6.07) is 21.4. The Labute approximate surface area is 116 Å². The highest BCUT2D eigenvalue weighted by atomic mass is 79.9. The van der Waals surface area contributed by atoms with E-state index < -0.39 is 0 Å². The standard InChI is InChI=1S/C14H10.2BrH/c1-3-7-13-11(5-1)9-10-12-6-2-4-8-14(12)13;;/h1-10H;2*1H. The molecule has 82 valence electrons. The first kappa shape index (κ1) is 13.2. The Hall–Kier alpha value is -0.860. The van der Waals surface area contributed by atoms with Gasteiger partial charge in [-0.2, -0.15) is 0 Å². The third kappa shape index (κ3) is 2.13. The van der Waals surface area contributed by atoms with Crippen LogP contribution in [0.15, 0.2) is 60.7 Å². The molecule has 0 aliphatic carbocycles. The summed E-state index contributed by atoms with van der Waals surface area (Å²) >= 11 is 0. The molecule has 0 aliphatic heterocycles. The molecule has 0 heterocycles. The van der Waals surface area contributed by atoms with Gasteiger partial charge in [-0.15, -0.1) is 34.0 Å². The lowest BCUT2D eigenvalue weighted by atomic mass is 10.0. The number of halogens is 2. The van der Waals surface area contributed by atoms with Gasteiger partial charge in [0.25, 0.3) is 0 Å². The monoisotopic (exact) mass is 338 g/mol. The molecule has 0 nitrogen and oxygen atoms in total. The molecule has 0 unspecified atom stereocenters. The van der Waals surface area contributed by atoms with Crippen molar-refractivity contribution in [1.82, 2.24) is 0 Å². The summed E-state index contributed by atoms with van der Waals surface area (Å²) in [7, 11) is 0. The number of fused-ring (bicyclic) bond motifs is 3. The van der Waals surface area contributed by atoms with Crippen LogP contribution in [0.2, 0.25) is 0 Å². The lowest BCUT2D eigenvalue weighted by molar-refractivity contribution is 1.76. The van der Waals surface area contributed by atoms with E-state index in [1.807, 2.05) is 0 Å². The molecule has 0 saturated carbocycles. The SMILES string of the molecule is Br.Br.c1ccc2c(c1)ccc1ccccc12. The van der Waals surface area contributed by atoms with E-state index in [2.05, 4.69) is 60.7 Å². The zero-order valence-electron chi connectivity index (χ0n) is 8.59. The van der Waals surface area contributed by atoms with E-state index in [0.717, 1.165) is 0 Å². The van der Waals surface area contributed by atoms with E-state index in [9.17, 15) is 0 Å². The second kappa shape index (κ2) is 5.46. The number of hydrogen-bond acceptors (Lipinski definition) is 0. The van der Waals surface area contributed by atoms with Crippen molar-refractivity contribution >= 4 is 55.5 Å². The number of rotatable bonds is 0. The maximum atomic E-state index is 2.18. The highest BCUT2D eigenvalue weighted by Gasteiger charge is 1.97. The summed E-state index contributed by atoms with van der Waals surface area (Å²) in [6.07, 6.45) is 0. The molecule has 0 aliphatic rings. The number of hydrogen-bond donors (Lipinski definition) is 0. The Bertz CT molecular complexity index is 548. The molecule has 0 atom stereocenters. The van der Waals surface area contributed by atoms with Gasteiger partial charge in [-0.25, -0.2) is 0 Å². The van der Waals surface area contributed by atoms with Gasteiger partial charge in [-0.05, 0) is 21.5 Å². The van der Waals surface area contributed by atoms with Gasteiger partial charge < -0.3 is 0 Å². The van der Waals surface area contributed by atoms with Gasteiger partial charge in [-0.3, -0.25) is 0 Å². The molecule has 0 saturated heterocycles. The fourth-order valence-electron chi connectivity index (χ4n) is 1.95. The van der Waals surface area contributed by atoms with Gasteiger partial charge in [0.2, 0.25) is 0 Å². The van der Waals surface area contributed by atoms with Crippen LogP contribution in [-0.2, 0) is 0 Å². The molecule has 0 bridgehead atoms. The first-order valence-corrected chi connectivity index (χ1v) is 4.82. The van der Waals surface area contributed by atoms with Crippen LogP contribution in [0.3, 0.4) is 0 Å². The van der Waals surface area contributed by atoms with Gasteiger partial charge in [0.15, 0.2) is 0 Å². The summed E-state index contributed by atoms with van der Waals surface area (Å²) in [6.45, 7) is 0. The van der Waals surface area contributed by atoms with Crippen molar-refractivity contribution in [3.63, 3.8) is 0 Å². The first-order valence-electron chi connectivity index (χ1n) is 4.82. The fraction of sp³-hybridized carbons (Fsp3) is 0. The molecule has 16 heavy (non-hydrogen) atoms. The predicted octanol–water partition coefficient (Wildman–Crippen LogP) is 5.15. The van der Waals surface area contributed by atoms with Crippen LogP contribution in [0.25, 0.3) is 21.5 Å². The van der Waals surface area contributed by atoms with Crippen LogP contribution >= 0.6 is 34.0 Å². The Morgan fingerprint density at radius 2 is 0.812 bits per heavy atom. The summed E-state index contributed by atoms with van der Waals surface area (Å²) < 4.78 is 0. The van der Waals surface area contributed by atoms with Crippen LogP contribution in [0.4, 0.5) is 0 Å². The smallest absolute Gasteiger partial charge is 0.0105 e. The minimum absolute atomic E-state index is 0. The zero-order valence-corrected chi connectivity index (χ0v) is 12.0. The maximum Gasteiger partial charge on any atom is -0.0105 e. The first-order chi connectivity index (χ1) is 6.95. The molecular weight excluding hydrogens is 328 g/mol. The van der Waals surface area contributed by atoms with Crippen molar-refractivity contribution in [2.45, 2.75) is 0 Å². The third-order valence-corrected chi connectivity index (χ3v) is 2.65. The van der Waals surface area contributed by atoms with Gasteiger partial charge in [-0.1, -0.05) is 60.7 Å². The Balaban J connectivity index is 0.000000640. The lowest BCUT2D eigenvalue weighted by Crippen LogP contribution is -1.75. The molecule has 0 amide bonds. The van der Waals surface area contributed by atoms with E-state index in [0.29, 0.717) is 0 Å². The van der Waals surface area contributed by atoms with E-state index in [1.165, 1.54) is 21.5 Å². The van der Waals surface area contributed by atoms with Gasteiger partial charge >= 0.3 is 0 Å². The van der Waals surface area contributed by atoms with Crippen molar-refractivity contribution < 1.29 is 0 Å². The molecule has 0 spiro atoms. The lowest BCUT2D eigenvalue weighted by Gasteiger charge is -2.02. The van der Waals surface area contributed by atoms with Crippen molar-refractivity contribution in [3.8, 4) is 0 Å². The average Bonchev–Trinajstić information content (AvgIpc) is 2.29. The third-order valence-electron chi connectivity index (χ3n) is 2.65. The summed E-state index contributed by atoms with van der Waals surface area (Å²) in [5, 5.41) is 5.30. The number of benzene rings is 3.